The van der Waals surface area contributed by atoms with Crippen molar-refractivity contribution in [1.82, 2.24) is 20.2 Å². The third kappa shape index (κ3) is 4.51. The van der Waals surface area contributed by atoms with E-state index in [0.717, 1.165) is 17.6 Å². The Bertz CT molecular complexity index is 863. The van der Waals surface area contributed by atoms with Crippen LogP contribution in [-0.2, 0) is 9.59 Å². The third-order valence-electron chi connectivity index (χ3n) is 4.79. The second kappa shape index (κ2) is 10.2. The third-order valence-corrected chi connectivity index (χ3v) is 6.68. The fraction of sp³-hybridized carbons (Fsp3) is 0.421. The van der Waals surface area contributed by atoms with E-state index in [0.29, 0.717) is 31.2 Å². The van der Waals surface area contributed by atoms with E-state index in [1.165, 1.54) is 16.5 Å². The predicted octanol–water partition coefficient (Wildman–Crippen LogP) is 4.18. The molecular weight excluding hydrogens is 474 g/mol. The highest BCUT2D eigenvalue weighted by Gasteiger charge is 2.28. The molecule has 1 aromatic heterocycles. The molecule has 1 aliphatic rings. The number of carbonyl (C=O) groups excluding carboxylic acids is 2. The number of carbonyl (C=O) groups is 2. The van der Waals surface area contributed by atoms with Crippen molar-refractivity contribution in [3.63, 3.8) is 0 Å². The van der Waals surface area contributed by atoms with E-state index < -0.39 is 0 Å². The molecule has 2 aromatic rings. The van der Waals surface area contributed by atoms with Gasteiger partial charge in [-0.1, -0.05) is 19.9 Å². The van der Waals surface area contributed by atoms with Crippen molar-refractivity contribution in [1.29, 1.82) is 0 Å². The zero-order valence-corrected chi connectivity index (χ0v) is 19.3. The van der Waals surface area contributed by atoms with E-state index in [9.17, 15) is 9.59 Å². The van der Waals surface area contributed by atoms with Gasteiger partial charge in [-0.3, -0.25) is 9.59 Å². The Kier molecular flexibility index (Phi) is 8.23. The number of rotatable bonds is 5. The van der Waals surface area contributed by atoms with E-state index in [4.69, 9.17) is 0 Å². The summed E-state index contributed by atoms with van der Waals surface area (Å²) in [4.78, 5) is 23.1. The molecule has 0 radical (unpaired) electrons. The molecule has 0 aliphatic heterocycles. The van der Waals surface area contributed by atoms with Crippen molar-refractivity contribution in [2.45, 2.75) is 46.0 Å². The summed E-state index contributed by atoms with van der Waals surface area (Å²) in [6.07, 6.45) is 5.33. The Morgan fingerprint density at radius 2 is 2.15 bits per heavy atom. The number of aryl methyl sites for hydroxylation is 1. The quantitative estimate of drug-likeness (QED) is 0.368. The van der Waals surface area contributed by atoms with Gasteiger partial charge in [0.05, 0.1) is 18.1 Å². The highest BCUT2D eigenvalue weighted by Crippen LogP contribution is 2.41. The molecule has 2 N–H and O–H groups in total. The molecule has 146 valence electrons. The van der Waals surface area contributed by atoms with Crippen LogP contribution >= 0.6 is 28.4 Å². The van der Waals surface area contributed by atoms with E-state index in [1.54, 1.807) is 7.05 Å². The molecule has 2 amide bonds. The van der Waals surface area contributed by atoms with Crippen LogP contribution in [0.15, 0.2) is 29.6 Å². The second-order valence-electron chi connectivity index (χ2n) is 6.11. The first-order valence-electron chi connectivity index (χ1n) is 9.08. The number of fused-ring (bicyclic) bond motifs is 1. The Balaban J connectivity index is 0.00000126. The van der Waals surface area contributed by atoms with Gasteiger partial charge in [0.2, 0.25) is 12.3 Å². The van der Waals surface area contributed by atoms with Gasteiger partial charge in [0.25, 0.3) is 0 Å². The molecule has 0 spiro atoms. The van der Waals surface area contributed by atoms with Crippen molar-refractivity contribution >= 4 is 51.6 Å². The van der Waals surface area contributed by atoms with E-state index in [-0.39, 0.29) is 11.8 Å². The standard InChI is InChI=1S/C17H20IN4O2P.C2H6/c1-10-3-6-15-13(8-21-22(15)25-18)16(10)11-4-5-12(17(24)19-2)14(7-11)20-9-23;1-2/h3,6,8-9,11,25H,4-5,7H2,1-2H3,(H,19,24)(H,20,23);1-2H3. The molecule has 0 saturated heterocycles. The number of nitrogens with zero attached hydrogens (tertiary/aromatic N) is 2. The molecule has 0 fully saturated rings. The maximum atomic E-state index is 12.1. The fourth-order valence-electron chi connectivity index (χ4n) is 3.65. The van der Waals surface area contributed by atoms with Crippen LogP contribution in [0.1, 0.15) is 50.2 Å². The summed E-state index contributed by atoms with van der Waals surface area (Å²) in [7, 11) is 1.62. The first-order chi connectivity index (χ1) is 13.1. The highest BCUT2D eigenvalue weighted by molar-refractivity contribution is 14.2. The van der Waals surface area contributed by atoms with Gasteiger partial charge >= 0.3 is 0 Å². The van der Waals surface area contributed by atoms with Gasteiger partial charge in [0, 0.05) is 23.7 Å². The number of hydrogen-bond donors (Lipinski definition) is 2. The molecule has 1 heterocycles. The summed E-state index contributed by atoms with van der Waals surface area (Å²) in [5, 5.41) is 11.1. The largest absolute Gasteiger partial charge is 0.355 e. The van der Waals surface area contributed by atoms with Crippen LogP contribution in [0.4, 0.5) is 0 Å². The molecule has 2 atom stereocenters. The van der Waals surface area contributed by atoms with Crippen LogP contribution in [0.5, 0.6) is 0 Å². The van der Waals surface area contributed by atoms with Crippen molar-refractivity contribution < 1.29 is 9.59 Å². The second-order valence-corrected chi connectivity index (χ2v) is 8.15. The number of halogens is 1. The lowest BCUT2D eigenvalue weighted by Crippen LogP contribution is -2.29. The first-order valence-corrected chi connectivity index (χ1v) is 13.1. The molecule has 6 nitrogen and oxygen atoms in total. The van der Waals surface area contributed by atoms with E-state index in [2.05, 4.69) is 56.8 Å². The van der Waals surface area contributed by atoms with Crippen molar-refractivity contribution in [2.24, 2.45) is 0 Å². The molecular formula is C19H26IN4O2P. The zero-order valence-electron chi connectivity index (χ0n) is 16.1. The molecule has 27 heavy (non-hydrogen) atoms. The monoisotopic (exact) mass is 500 g/mol. The highest BCUT2D eigenvalue weighted by atomic mass is 127. The van der Waals surface area contributed by atoms with Crippen molar-refractivity contribution in [2.75, 3.05) is 7.05 Å². The summed E-state index contributed by atoms with van der Waals surface area (Å²) in [5.74, 6) is 0.145. The lowest BCUT2D eigenvalue weighted by atomic mass is 9.79. The van der Waals surface area contributed by atoms with Crippen LogP contribution in [0.3, 0.4) is 0 Å². The van der Waals surface area contributed by atoms with Gasteiger partial charge in [-0.15, -0.1) is 0 Å². The summed E-state index contributed by atoms with van der Waals surface area (Å²) in [5.41, 5.74) is 5.05. The van der Waals surface area contributed by atoms with Crippen LogP contribution in [0.25, 0.3) is 10.9 Å². The van der Waals surface area contributed by atoms with Gasteiger partial charge in [0.15, 0.2) is 0 Å². The van der Waals surface area contributed by atoms with Crippen molar-refractivity contribution in [3.8, 4) is 0 Å². The molecule has 1 aromatic carbocycles. The molecule has 1 aliphatic carbocycles. The smallest absolute Gasteiger partial charge is 0.248 e. The molecule has 0 bridgehead atoms. The van der Waals surface area contributed by atoms with Gasteiger partial charge in [-0.25, -0.2) is 4.45 Å². The zero-order chi connectivity index (χ0) is 20.0. The Labute approximate surface area is 174 Å². The van der Waals surface area contributed by atoms with Crippen LogP contribution in [0, 0.1) is 6.92 Å². The number of likely N-dealkylation sites (N-methyl/N-ethyl adjacent to an activating group) is 1. The predicted molar refractivity (Wildman–Crippen MR) is 120 cm³/mol. The first kappa shape index (κ1) is 21.8. The van der Waals surface area contributed by atoms with Gasteiger partial charge in [0.1, 0.15) is 0 Å². The maximum Gasteiger partial charge on any atom is 0.248 e. The topological polar surface area (TPSA) is 76.0 Å². The lowest BCUT2D eigenvalue weighted by Gasteiger charge is -2.28. The molecule has 2 unspecified atom stereocenters. The number of amides is 2. The molecule has 3 rings (SSSR count). The molecule has 8 heteroatoms. The number of aromatic nitrogens is 2. The fourth-order valence-corrected chi connectivity index (χ4v) is 5.19. The summed E-state index contributed by atoms with van der Waals surface area (Å²) in [6, 6.07) is 4.25. The summed E-state index contributed by atoms with van der Waals surface area (Å²) in [6.45, 7) is 6.11. The summed E-state index contributed by atoms with van der Waals surface area (Å²) >= 11 is 2.33. The minimum Gasteiger partial charge on any atom is -0.355 e. The Hall–Kier alpha value is -1.47. The van der Waals surface area contributed by atoms with Crippen LogP contribution in [-0.4, -0.2) is 28.9 Å². The van der Waals surface area contributed by atoms with Crippen molar-refractivity contribution in [3.05, 3.63) is 40.7 Å². The van der Waals surface area contributed by atoms with Crippen LogP contribution < -0.4 is 10.6 Å². The Morgan fingerprint density at radius 3 is 2.78 bits per heavy atom. The number of nitrogens with one attached hydrogen (secondary N) is 2. The van der Waals surface area contributed by atoms with E-state index >= 15 is 0 Å². The number of benzene rings is 1. The number of hydrogen-bond acceptors (Lipinski definition) is 3. The van der Waals surface area contributed by atoms with Gasteiger partial charge in [-0.2, -0.15) is 5.10 Å². The number of allylic oxidation sites excluding steroid dienone is 1. The SMILES string of the molecule is CC.CNC(=O)C1=C(NC=O)CC(c2c(C)ccc3c2cnn3PI)CC1. The average molecular weight is 500 g/mol. The molecule has 0 saturated carbocycles. The maximum absolute atomic E-state index is 12.1. The normalized spacial score (nSPS) is 17.0. The van der Waals surface area contributed by atoms with Crippen LogP contribution in [0.2, 0.25) is 0 Å². The minimum atomic E-state index is -0.114. The Morgan fingerprint density at radius 1 is 1.41 bits per heavy atom. The van der Waals surface area contributed by atoms with Gasteiger partial charge < -0.3 is 10.6 Å². The van der Waals surface area contributed by atoms with Gasteiger partial charge in [-0.05, 0) is 71.3 Å². The summed E-state index contributed by atoms with van der Waals surface area (Å²) < 4.78 is 2.01. The van der Waals surface area contributed by atoms with E-state index in [1.807, 2.05) is 24.5 Å². The average Bonchev–Trinajstić information content (AvgIpc) is 3.12. The minimum absolute atomic E-state index is 0.114. The lowest BCUT2D eigenvalue weighted by molar-refractivity contribution is -0.117.